The Kier molecular flexibility index (Phi) is 1.87. The first kappa shape index (κ1) is 9.22. The van der Waals surface area contributed by atoms with Crippen LogP contribution < -0.4 is 5.73 Å². The number of rotatable bonds is 0. The second kappa shape index (κ2) is 3.24. The molecule has 3 rings (SSSR count). The number of aryl methyl sites for hydroxylation is 1. The van der Waals surface area contributed by atoms with Gasteiger partial charge in [0.15, 0.2) is 0 Å². The van der Waals surface area contributed by atoms with Gasteiger partial charge in [-0.25, -0.2) is 0 Å². The van der Waals surface area contributed by atoms with Crippen LogP contribution in [0.2, 0.25) is 0 Å². The summed E-state index contributed by atoms with van der Waals surface area (Å²) in [6.07, 6.45) is 0. The fraction of sp³-hybridized carbons (Fsp3) is 0.0667. The van der Waals surface area contributed by atoms with E-state index in [9.17, 15) is 0 Å². The van der Waals surface area contributed by atoms with Crippen LogP contribution in [0.25, 0.3) is 21.5 Å². The standard InChI is InChI=1S/C15H13N/c1-10-14-5-3-2-4-11(14)8-12-6-7-13(16)9-15(10)12/h2-9H,16H2,1H3. The van der Waals surface area contributed by atoms with Gasteiger partial charge in [-0.3, -0.25) is 0 Å². The number of anilines is 1. The Morgan fingerprint density at radius 1 is 0.812 bits per heavy atom. The maximum absolute atomic E-state index is 5.84. The van der Waals surface area contributed by atoms with Crippen LogP contribution in [0.15, 0.2) is 48.5 Å². The number of nitrogens with two attached hydrogens (primary N) is 1. The predicted molar refractivity (Wildman–Crippen MR) is 70.6 cm³/mol. The molecule has 0 radical (unpaired) electrons. The van der Waals surface area contributed by atoms with E-state index >= 15 is 0 Å². The molecule has 16 heavy (non-hydrogen) atoms. The third kappa shape index (κ3) is 1.25. The minimum absolute atomic E-state index is 0.825. The van der Waals surface area contributed by atoms with E-state index in [1.807, 2.05) is 6.07 Å². The lowest BCUT2D eigenvalue weighted by Gasteiger charge is -2.08. The molecule has 0 fully saturated rings. The number of fused-ring (bicyclic) bond motifs is 2. The Morgan fingerprint density at radius 3 is 2.44 bits per heavy atom. The smallest absolute Gasteiger partial charge is 0.0320 e. The van der Waals surface area contributed by atoms with Crippen molar-refractivity contribution in [2.24, 2.45) is 0 Å². The second-order valence-electron chi connectivity index (χ2n) is 4.20. The van der Waals surface area contributed by atoms with Gasteiger partial charge in [0.2, 0.25) is 0 Å². The molecule has 0 unspecified atom stereocenters. The largest absolute Gasteiger partial charge is 0.399 e. The quantitative estimate of drug-likeness (QED) is 0.439. The lowest BCUT2D eigenvalue weighted by molar-refractivity contribution is 1.58. The first-order valence-corrected chi connectivity index (χ1v) is 5.43. The molecule has 0 saturated heterocycles. The zero-order chi connectivity index (χ0) is 11.1. The summed E-state index contributed by atoms with van der Waals surface area (Å²) < 4.78 is 0. The molecule has 0 atom stereocenters. The van der Waals surface area contributed by atoms with Crippen molar-refractivity contribution in [3.63, 3.8) is 0 Å². The third-order valence-corrected chi connectivity index (χ3v) is 3.16. The summed E-state index contributed by atoms with van der Waals surface area (Å²) in [4.78, 5) is 0. The van der Waals surface area contributed by atoms with Crippen LogP contribution >= 0.6 is 0 Å². The van der Waals surface area contributed by atoms with Gasteiger partial charge in [0.05, 0.1) is 0 Å². The summed E-state index contributed by atoms with van der Waals surface area (Å²) in [5.41, 5.74) is 7.97. The molecular formula is C15H13N. The molecule has 3 aromatic carbocycles. The summed E-state index contributed by atoms with van der Waals surface area (Å²) in [5, 5.41) is 5.10. The highest BCUT2D eigenvalue weighted by molar-refractivity contribution is 6.02. The van der Waals surface area contributed by atoms with Crippen LogP contribution in [-0.4, -0.2) is 0 Å². The zero-order valence-electron chi connectivity index (χ0n) is 9.20. The van der Waals surface area contributed by atoms with E-state index in [0.29, 0.717) is 0 Å². The topological polar surface area (TPSA) is 26.0 Å². The molecule has 3 aromatic rings. The van der Waals surface area contributed by atoms with Crippen molar-refractivity contribution in [1.29, 1.82) is 0 Å². The number of hydrogen-bond acceptors (Lipinski definition) is 1. The van der Waals surface area contributed by atoms with Gasteiger partial charge >= 0.3 is 0 Å². The Morgan fingerprint density at radius 2 is 1.56 bits per heavy atom. The Bertz CT molecular complexity index is 683. The molecular weight excluding hydrogens is 194 g/mol. The molecule has 0 saturated carbocycles. The van der Waals surface area contributed by atoms with Gasteiger partial charge in [0, 0.05) is 5.69 Å². The van der Waals surface area contributed by atoms with Gasteiger partial charge < -0.3 is 5.73 Å². The summed E-state index contributed by atoms with van der Waals surface area (Å²) in [7, 11) is 0. The van der Waals surface area contributed by atoms with Crippen molar-refractivity contribution >= 4 is 27.2 Å². The van der Waals surface area contributed by atoms with Crippen LogP contribution in [0, 0.1) is 6.92 Å². The van der Waals surface area contributed by atoms with E-state index in [1.165, 1.54) is 27.1 Å². The predicted octanol–water partition coefficient (Wildman–Crippen LogP) is 3.88. The molecule has 0 spiro atoms. The number of hydrogen-bond donors (Lipinski definition) is 1. The highest BCUT2D eigenvalue weighted by atomic mass is 14.5. The van der Waals surface area contributed by atoms with E-state index < -0.39 is 0 Å². The minimum Gasteiger partial charge on any atom is -0.399 e. The van der Waals surface area contributed by atoms with E-state index in [-0.39, 0.29) is 0 Å². The fourth-order valence-electron chi connectivity index (χ4n) is 2.30. The maximum atomic E-state index is 5.84. The van der Waals surface area contributed by atoms with Crippen molar-refractivity contribution in [1.82, 2.24) is 0 Å². The molecule has 0 aliphatic rings. The Labute approximate surface area is 94.5 Å². The first-order valence-electron chi connectivity index (χ1n) is 5.43. The van der Waals surface area contributed by atoms with Gasteiger partial charge in [-0.2, -0.15) is 0 Å². The lowest BCUT2D eigenvalue weighted by Crippen LogP contribution is -1.87. The molecule has 0 aliphatic heterocycles. The number of benzene rings is 3. The highest BCUT2D eigenvalue weighted by Crippen LogP contribution is 2.28. The normalized spacial score (nSPS) is 11.1. The summed E-state index contributed by atoms with van der Waals surface area (Å²) in [6.45, 7) is 2.16. The lowest BCUT2D eigenvalue weighted by atomic mass is 9.97. The SMILES string of the molecule is Cc1c2ccccc2cc2ccc(N)cc12. The average Bonchev–Trinajstić information content (AvgIpc) is 2.31. The van der Waals surface area contributed by atoms with Gasteiger partial charge in [-0.15, -0.1) is 0 Å². The zero-order valence-corrected chi connectivity index (χ0v) is 9.20. The van der Waals surface area contributed by atoms with Gasteiger partial charge in [0.1, 0.15) is 0 Å². The monoisotopic (exact) mass is 207 g/mol. The summed E-state index contributed by atoms with van der Waals surface area (Å²) in [6, 6.07) is 16.8. The van der Waals surface area contributed by atoms with Crippen molar-refractivity contribution in [3.8, 4) is 0 Å². The van der Waals surface area contributed by atoms with Gasteiger partial charge in [0.25, 0.3) is 0 Å². The molecule has 0 bridgehead atoms. The average molecular weight is 207 g/mol. The molecule has 2 N–H and O–H groups in total. The van der Waals surface area contributed by atoms with Crippen molar-refractivity contribution in [3.05, 3.63) is 54.1 Å². The van der Waals surface area contributed by atoms with Crippen molar-refractivity contribution in [2.75, 3.05) is 5.73 Å². The summed E-state index contributed by atoms with van der Waals surface area (Å²) in [5.74, 6) is 0. The van der Waals surface area contributed by atoms with Crippen LogP contribution in [0.4, 0.5) is 5.69 Å². The van der Waals surface area contributed by atoms with Crippen molar-refractivity contribution < 1.29 is 0 Å². The van der Waals surface area contributed by atoms with E-state index in [1.54, 1.807) is 0 Å². The van der Waals surface area contributed by atoms with Crippen LogP contribution in [0.1, 0.15) is 5.56 Å². The molecule has 0 heterocycles. The minimum atomic E-state index is 0.825. The third-order valence-electron chi connectivity index (χ3n) is 3.16. The Balaban J connectivity index is 2.56. The van der Waals surface area contributed by atoms with E-state index in [2.05, 4.69) is 49.4 Å². The number of nitrogen functional groups attached to an aromatic ring is 1. The van der Waals surface area contributed by atoms with E-state index in [0.717, 1.165) is 5.69 Å². The first-order chi connectivity index (χ1) is 7.75. The fourth-order valence-corrected chi connectivity index (χ4v) is 2.30. The molecule has 1 heteroatoms. The van der Waals surface area contributed by atoms with Gasteiger partial charge in [-0.05, 0) is 52.2 Å². The van der Waals surface area contributed by atoms with E-state index in [4.69, 9.17) is 5.73 Å². The molecule has 78 valence electrons. The molecule has 0 amide bonds. The van der Waals surface area contributed by atoms with Crippen molar-refractivity contribution in [2.45, 2.75) is 6.92 Å². The van der Waals surface area contributed by atoms with Crippen LogP contribution in [0.5, 0.6) is 0 Å². The van der Waals surface area contributed by atoms with Crippen LogP contribution in [0.3, 0.4) is 0 Å². The molecule has 1 nitrogen and oxygen atoms in total. The molecule has 0 aliphatic carbocycles. The van der Waals surface area contributed by atoms with Crippen LogP contribution in [-0.2, 0) is 0 Å². The van der Waals surface area contributed by atoms with Gasteiger partial charge in [-0.1, -0.05) is 30.3 Å². The maximum Gasteiger partial charge on any atom is 0.0320 e. The Hall–Kier alpha value is -2.02. The summed E-state index contributed by atoms with van der Waals surface area (Å²) >= 11 is 0. The highest BCUT2D eigenvalue weighted by Gasteiger charge is 2.03. The second-order valence-corrected chi connectivity index (χ2v) is 4.20. The molecule has 0 aromatic heterocycles.